The molecule has 1 aromatic rings. The zero-order valence-electron chi connectivity index (χ0n) is 11.4. The van der Waals surface area contributed by atoms with Crippen molar-refractivity contribution in [2.24, 2.45) is 0 Å². The molecule has 0 N–H and O–H groups in total. The van der Waals surface area contributed by atoms with Gasteiger partial charge in [-0.3, -0.25) is 0 Å². The first kappa shape index (κ1) is 15.6. The minimum Gasteiger partial charge on any atom is -0.166 e. The van der Waals surface area contributed by atoms with Crippen LogP contribution >= 0.6 is 11.2 Å². The fourth-order valence-corrected chi connectivity index (χ4v) is 5.62. The van der Waals surface area contributed by atoms with Crippen molar-refractivity contribution < 1.29 is 13.2 Å². The Balaban J connectivity index is 3.14. The first-order valence-electron chi connectivity index (χ1n) is 5.80. The molecule has 1 rings (SSSR count). The van der Waals surface area contributed by atoms with Crippen LogP contribution in [0.4, 0.5) is 13.2 Å². The summed E-state index contributed by atoms with van der Waals surface area (Å²) in [6.07, 6.45) is -4.27. The maximum Gasteiger partial charge on any atom is 0.417 e. The SMILES string of the molecule is CC(C)(C)[Si](C)(C)Sc1ccccc1C(F)(F)F. The highest BCUT2D eigenvalue weighted by molar-refractivity contribution is 8.29. The molecule has 0 aliphatic heterocycles. The van der Waals surface area contributed by atoms with Crippen LogP contribution < -0.4 is 0 Å². The van der Waals surface area contributed by atoms with Crippen LogP contribution in [-0.2, 0) is 6.18 Å². The Labute approximate surface area is 112 Å². The summed E-state index contributed by atoms with van der Waals surface area (Å²) in [6, 6.07) is 5.85. The van der Waals surface area contributed by atoms with Crippen molar-refractivity contribution in [3.8, 4) is 0 Å². The molecule has 0 heterocycles. The lowest BCUT2D eigenvalue weighted by Crippen LogP contribution is -2.33. The minimum atomic E-state index is -4.27. The predicted octanol–water partition coefficient (Wildman–Crippen LogP) is 5.80. The van der Waals surface area contributed by atoms with Gasteiger partial charge in [0.2, 0.25) is 0 Å². The van der Waals surface area contributed by atoms with Crippen molar-refractivity contribution >= 4 is 18.4 Å². The van der Waals surface area contributed by atoms with Crippen LogP contribution in [-0.4, -0.2) is 7.22 Å². The zero-order valence-corrected chi connectivity index (χ0v) is 13.2. The number of hydrogen-bond donors (Lipinski definition) is 0. The second kappa shape index (κ2) is 4.93. The van der Waals surface area contributed by atoms with E-state index in [4.69, 9.17) is 0 Å². The lowest BCUT2D eigenvalue weighted by atomic mass is 10.2. The molecule has 0 spiro atoms. The quantitative estimate of drug-likeness (QED) is 0.620. The number of hydrogen-bond acceptors (Lipinski definition) is 1. The van der Waals surface area contributed by atoms with Gasteiger partial charge in [-0.2, -0.15) is 24.4 Å². The molecule has 0 saturated heterocycles. The topological polar surface area (TPSA) is 0 Å². The molecule has 5 heteroatoms. The normalized spacial score (nSPS) is 13.8. The van der Waals surface area contributed by atoms with Gasteiger partial charge in [0.1, 0.15) is 7.22 Å². The molecule has 0 unspecified atom stereocenters. The van der Waals surface area contributed by atoms with E-state index in [0.717, 1.165) is 6.07 Å². The Morgan fingerprint density at radius 1 is 1.00 bits per heavy atom. The Morgan fingerprint density at radius 3 is 1.94 bits per heavy atom. The molecule has 18 heavy (non-hydrogen) atoms. The van der Waals surface area contributed by atoms with Gasteiger partial charge >= 0.3 is 6.18 Å². The van der Waals surface area contributed by atoms with E-state index in [1.54, 1.807) is 12.1 Å². The number of alkyl halides is 3. The van der Waals surface area contributed by atoms with Gasteiger partial charge < -0.3 is 0 Å². The molecule has 0 radical (unpaired) electrons. The van der Waals surface area contributed by atoms with Crippen LogP contribution in [0.3, 0.4) is 0 Å². The smallest absolute Gasteiger partial charge is 0.166 e. The average Bonchev–Trinajstić information content (AvgIpc) is 2.14. The molecular weight excluding hydrogens is 273 g/mol. The van der Waals surface area contributed by atoms with Crippen LogP contribution in [0.25, 0.3) is 0 Å². The summed E-state index contributed by atoms with van der Waals surface area (Å²) < 4.78 is 38.8. The van der Waals surface area contributed by atoms with Gasteiger partial charge in [0.15, 0.2) is 0 Å². The molecule has 0 amide bonds. The van der Waals surface area contributed by atoms with Crippen molar-refractivity contribution in [3.05, 3.63) is 29.8 Å². The number of benzene rings is 1. The molecule has 0 nitrogen and oxygen atoms in total. The van der Waals surface area contributed by atoms with Crippen LogP contribution in [0.15, 0.2) is 29.2 Å². The monoisotopic (exact) mass is 292 g/mol. The highest BCUT2D eigenvalue weighted by Crippen LogP contribution is 2.48. The zero-order chi connectivity index (χ0) is 14.2. The fourth-order valence-electron chi connectivity index (χ4n) is 1.22. The molecule has 0 atom stereocenters. The van der Waals surface area contributed by atoms with Gasteiger partial charge in [-0.15, -0.1) is 0 Å². The van der Waals surface area contributed by atoms with Gasteiger partial charge in [0.25, 0.3) is 0 Å². The Hall–Kier alpha value is -0.423. The standard InChI is InChI=1S/C13H19F3SSi/c1-12(2,3)18(4,5)17-11-9-7-6-8-10(11)13(14,15)16/h6-9H,1-5H3. The average molecular weight is 292 g/mol. The first-order chi connectivity index (χ1) is 7.95. The molecule has 0 aromatic heterocycles. The summed E-state index contributed by atoms with van der Waals surface area (Å²) in [5.74, 6) is 0. The number of rotatable bonds is 2. The van der Waals surface area contributed by atoms with E-state index in [2.05, 4.69) is 33.9 Å². The third kappa shape index (κ3) is 3.54. The number of halogens is 3. The van der Waals surface area contributed by atoms with E-state index in [0.29, 0.717) is 4.90 Å². The van der Waals surface area contributed by atoms with Crippen molar-refractivity contribution in [2.45, 2.75) is 50.0 Å². The molecule has 0 bridgehead atoms. The maximum atomic E-state index is 12.9. The van der Waals surface area contributed by atoms with Crippen LogP contribution in [0.2, 0.25) is 18.1 Å². The minimum absolute atomic E-state index is 0.0520. The van der Waals surface area contributed by atoms with E-state index in [-0.39, 0.29) is 5.04 Å². The summed E-state index contributed by atoms with van der Waals surface area (Å²) in [5.41, 5.74) is -0.514. The molecule has 1 aromatic carbocycles. The molecule has 102 valence electrons. The van der Waals surface area contributed by atoms with E-state index in [1.165, 1.54) is 17.3 Å². The molecule has 0 aliphatic carbocycles. The third-order valence-corrected chi connectivity index (χ3v) is 12.1. The van der Waals surface area contributed by atoms with Crippen molar-refractivity contribution in [3.63, 3.8) is 0 Å². The summed E-state index contributed by atoms with van der Waals surface area (Å²) in [4.78, 5) is 0.358. The van der Waals surface area contributed by atoms with Gasteiger partial charge in [0.05, 0.1) is 5.56 Å². The van der Waals surface area contributed by atoms with Gasteiger partial charge in [-0.05, 0) is 17.2 Å². The predicted molar refractivity (Wildman–Crippen MR) is 74.5 cm³/mol. The summed E-state index contributed by atoms with van der Waals surface area (Å²) in [5, 5.41) is 0.0520. The van der Waals surface area contributed by atoms with Gasteiger partial charge in [-0.1, -0.05) is 46.0 Å². The lowest BCUT2D eigenvalue weighted by molar-refractivity contribution is -0.139. The van der Waals surface area contributed by atoms with Crippen LogP contribution in [0.5, 0.6) is 0 Å². The van der Waals surface area contributed by atoms with E-state index < -0.39 is 19.0 Å². The van der Waals surface area contributed by atoms with Gasteiger partial charge in [-0.25, -0.2) is 0 Å². The second-order valence-corrected chi connectivity index (χ2v) is 14.7. The second-order valence-electron chi connectivity index (χ2n) is 5.86. The lowest BCUT2D eigenvalue weighted by Gasteiger charge is -2.36. The summed E-state index contributed by atoms with van der Waals surface area (Å²) in [7, 11) is -1.84. The van der Waals surface area contributed by atoms with Crippen molar-refractivity contribution in [1.82, 2.24) is 0 Å². The van der Waals surface area contributed by atoms with E-state index in [1.807, 2.05) is 0 Å². The highest BCUT2D eigenvalue weighted by Gasteiger charge is 2.40. The first-order valence-corrected chi connectivity index (χ1v) is 10.3. The molecule has 0 saturated carbocycles. The van der Waals surface area contributed by atoms with Gasteiger partial charge in [0, 0.05) is 4.90 Å². The molecule has 0 fully saturated rings. The summed E-state index contributed by atoms with van der Waals surface area (Å²) >= 11 is 1.43. The Morgan fingerprint density at radius 2 is 1.50 bits per heavy atom. The van der Waals surface area contributed by atoms with Crippen molar-refractivity contribution in [1.29, 1.82) is 0 Å². The Bertz CT molecular complexity index is 419. The van der Waals surface area contributed by atoms with E-state index in [9.17, 15) is 13.2 Å². The van der Waals surface area contributed by atoms with Crippen LogP contribution in [0.1, 0.15) is 26.3 Å². The summed E-state index contributed by atoms with van der Waals surface area (Å²) in [6.45, 7) is 10.5. The fraction of sp³-hybridized carbons (Fsp3) is 0.538. The molecular formula is C13H19F3SSi. The van der Waals surface area contributed by atoms with Crippen molar-refractivity contribution in [2.75, 3.05) is 0 Å². The Kier molecular flexibility index (Phi) is 4.28. The van der Waals surface area contributed by atoms with E-state index >= 15 is 0 Å². The third-order valence-electron chi connectivity index (χ3n) is 3.36. The highest BCUT2D eigenvalue weighted by atomic mass is 32.4. The van der Waals surface area contributed by atoms with Crippen LogP contribution in [0, 0.1) is 0 Å². The largest absolute Gasteiger partial charge is 0.417 e. The molecule has 0 aliphatic rings. The maximum absolute atomic E-state index is 12.9.